The number of hydrogen-bond donors (Lipinski definition) is 2. The van der Waals surface area contributed by atoms with Crippen LogP contribution in [-0.2, 0) is 18.3 Å². The number of nitrogens with zero attached hydrogens (tertiary/aromatic N) is 3. The monoisotopic (exact) mass is 431 g/mol. The van der Waals surface area contributed by atoms with Crippen LogP contribution in [0.15, 0.2) is 47.2 Å². The highest BCUT2D eigenvalue weighted by molar-refractivity contribution is 5.88. The maximum atomic E-state index is 12.5. The van der Waals surface area contributed by atoms with Gasteiger partial charge in [-0.25, -0.2) is 0 Å². The van der Waals surface area contributed by atoms with Crippen molar-refractivity contribution in [3.8, 4) is 11.3 Å². The molecular weight excluding hydrogens is 402 g/mol. The average molecular weight is 432 g/mol. The molecule has 3 heterocycles. The van der Waals surface area contributed by atoms with Gasteiger partial charge < -0.3 is 14.8 Å². The fraction of sp³-hybridized carbons (Fsp3) is 0.400. The molecule has 0 spiro atoms. The molecule has 7 heteroatoms. The van der Waals surface area contributed by atoms with Crippen LogP contribution in [0.5, 0.6) is 0 Å². The fourth-order valence-electron chi connectivity index (χ4n) is 4.90. The van der Waals surface area contributed by atoms with E-state index in [0.717, 1.165) is 71.4 Å². The third-order valence-electron chi connectivity index (χ3n) is 6.60. The lowest BCUT2D eigenvalue weighted by atomic mass is 9.79. The summed E-state index contributed by atoms with van der Waals surface area (Å²) < 4.78 is 7.36. The third-order valence-corrected chi connectivity index (χ3v) is 6.60. The van der Waals surface area contributed by atoms with Gasteiger partial charge in [0.15, 0.2) is 5.76 Å². The smallest absolute Gasteiger partial charge is 0.224 e. The van der Waals surface area contributed by atoms with Gasteiger partial charge in [-0.05, 0) is 50.2 Å². The molecular formula is C25H29N5O2. The maximum Gasteiger partial charge on any atom is 0.224 e. The number of hydrogen-bond acceptors (Lipinski definition) is 4. The van der Waals surface area contributed by atoms with E-state index in [2.05, 4.69) is 21.5 Å². The molecule has 2 N–H and O–H groups in total. The molecule has 7 nitrogen and oxygen atoms in total. The Hall–Kier alpha value is -3.35. The second-order valence-corrected chi connectivity index (χ2v) is 8.99. The van der Waals surface area contributed by atoms with Crippen molar-refractivity contribution < 1.29 is 9.32 Å². The van der Waals surface area contributed by atoms with E-state index in [0.29, 0.717) is 18.3 Å². The summed E-state index contributed by atoms with van der Waals surface area (Å²) in [6.45, 7) is 2.67. The van der Waals surface area contributed by atoms with Crippen molar-refractivity contribution in [2.24, 2.45) is 13.0 Å². The first kappa shape index (κ1) is 20.5. The van der Waals surface area contributed by atoms with Crippen LogP contribution in [0.1, 0.15) is 48.6 Å². The Morgan fingerprint density at radius 2 is 2.06 bits per heavy atom. The molecule has 0 aliphatic heterocycles. The van der Waals surface area contributed by atoms with Gasteiger partial charge >= 0.3 is 0 Å². The molecule has 4 aromatic rings. The van der Waals surface area contributed by atoms with E-state index in [1.54, 1.807) is 0 Å². The van der Waals surface area contributed by atoms with Crippen molar-refractivity contribution >= 4 is 16.8 Å². The highest BCUT2D eigenvalue weighted by Crippen LogP contribution is 2.39. The Labute approximate surface area is 187 Å². The summed E-state index contributed by atoms with van der Waals surface area (Å²) >= 11 is 0. The maximum absolute atomic E-state index is 12.5. The zero-order valence-electron chi connectivity index (χ0n) is 18.6. The number of benzene rings is 1. The SMILES string of the molecule is Cc1cc(-c2cn(C)nc2C2CCC(CNC(=O)Cc3c[nH]c4ccccc34)CC2)on1. The molecule has 1 fully saturated rings. The van der Waals surface area contributed by atoms with E-state index in [-0.39, 0.29) is 5.91 Å². The second kappa shape index (κ2) is 8.65. The molecule has 1 aliphatic rings. The van der Waals surface area contributed by atoms with E-state index in [1.165, 1.54) is 0 Å². The van der Waals surface area contributed by atoms with Gasteiger partial charge in [-0.1, -0.05) is 23.4 Å². The third kappa shape index (κ3) is 4.20. The Kier molecular flexibility index (Phi) is 5.55. The molecule has 0 unspecified atom stereocenters. The summed E-state index contributed by atoms with van der Waals surface area (Å²) in [5.74, 6) is 1.80. The van der Waals surface area contributed by atoms with Crippen molar-refractivity contribution in [3.05, 3.63) is 59.7 Å². The van der Waals surface area contributed by atoms with Crippen molar-refractivity contribution in [3.63, 3.8) is 0 Å². The van der Waals surface area contributed by atoms with Gasteiger partial charge in [0.2, 0.25) is 5.91 Å². The number of para-hydroxylation sites is 1. The lowest BCUT2D eigenvalue weighted by Crippen LogP contribution is -2.32. The lowest BCUT2D eigenvalue weighted by Gasteiger charge is -2.28. The van der Waals surface area contributed by atoms with Crippen molar-refractivity contribution in [1.82, 2.24) is 25.2 Å². The molecule has 166 valence electrons. The summed E-state index contributed by atoms with van der Waals surface area (Å²) in [7, 11) is 1.95. The summed E-state index contributed by atoms with van der Waals surface area (Å²) in [6.07, 6.45) is 8.68. The van der Waals surface area contributed by atoms with Crippen LogP contribution in [0, 0.1) is 12.8 Å². The van der Waals surface area contributed by atoms with E-state index in [4.69, 9.17) is 9.62 Å². The minimum atomic E-state index is 0.0876. The van der Waals surface area contributed by atoms with E-state index in [9.17, 15) is 4.79 Å². The molecule has 1 aliphatic carbocycles. The topological polar surface area (TPSA) is 88.7 Å². The molecule has 0 saturated heterocycles. The van der Waals surface area contributed by atoms with Crippen LogP contribution >= 0.6 is 0 Å². The number of rotatable bonds is 6. The Morgan fingerprint density at radius 1 is 1.25 bits per heavy atom. The van der Waals surface area contributed by atoms with E-state index >= 15 is 0 Å². The minimum absolute atomic E-state index is 0.0876. The number of amides is 1. The number of fused-ring (bicyclic) bond motifs is 1. The van der Waals surface area contributed by atoms with Gasteiger partial charge in [0.1, 0.15) is 0 Å². The number of aromatic amines is 1. The molecule has 0 bridgehead atoms. The predicted octanol–water partition coefficient (Wildman–Crippen LogP) is 4.50. The largest absolute Gasteiger partial charge is 0.361 e. The summed E-state index contributed by atoms with van der Waals surface area (Å²) in [6, 6.07) is 10.1. The highest BCUT2D eigenvalue weighted by Gasteiger charge is 2.28. The molecule has 0 atom stereocenters. The average Bonchev–Trinajstić information content (AvgIpc) is 3.51. The first-order chi connectivity index (χ1) is 15.6. The van der Waals surface area contributed by atoms with Crippen LogP contribution in [0.25, 0.3) is 22.2 Å². The summed E-state index contributed by atoms with van der Waals surface area (Å²) in [5.41, 5.74) is 5.14. The quantitative estimate of drug-likeness (QED) is 0.470. The number of nitrogens with one attached hydrogen (secondary N) is 2. The van der Waals surface area contributed by atoms with Crippen molar-refractivity contribution in [2.75, 3.05) is 6.54 Å². The molecule has 32 heavy (non-hydrogen) atoms. The van der Waals surface area contributed by atoms with Crippen LogP contribution in [0.4, 0.5) is 0 Å². The Balaban J connectivity index is 1.15. The predicted molar refractivity (Wildman–Crippen MR) is 123 cm³/mol. The summed E-state index contributed by atoms with van der Waals surface area (Å²) in [4.78, 5) is 15.8. The normalized spacial score (nSPS) is 18.8. The van der Waals surface area contributed by atoms with Gasteiger partial charge in [0.05, 0.1) is 23.4 Å². The Bertz CT molecular complexity index is 1230. The second-order valence-electron chi connectivity index (χ2n) is 8.99. The summed E-state index contributed by atoms with van der Waals surface area (Å²) in [5, 5.41) is 13.1. The van der Waals surface area contributed by atoms with E-state index in [1.807, 2.05) is 55.3 Å². The van der Waals surface area contributed by atoms with Crippen LogP contribution in [0.2, 0.25) is 0 Å². The fourth-order valence-corrected chi connectivity index (χ4v) is 4.90. The van der Waals surface area contributed by atoms with Crippen LogP contribution < -0.4 is 5.32 Å². The zero-order chi connectivity index (χ0) is 22.1. The van der Waals surface area contributed by atoms with Gasteiger partial charge in [0, 0.05) is 48.9 Å². The standard InChI is InChI=1S/C25H29N5O2/c1-16-11-23(32-29-16)21-15-30(2)28-25(21)18-9-7-17(8-10-18)13-27-24(31)12-19-14-26-22-6-4-3-5-20(19)22/h3-6,11,14-15,17-18,26H,7-10,12-13H2,1-2H3,(H,27,31). The van der Waals surface area contributed by atoms with Gasteiger partial charge in [-0.15, -0.1) is 0 Å². The highest BCUT2D eigenvalue weighted by atomic mass is 16.5. The minimum Gasteiger partial charge on any atom is -0.361 e. The number of H-pyrrole nitrogens is 1. The number of carbonyl (C=O) groups is 1. The van der Waals surface area contributed by atoms with Crippen LogP contribution in [0.3, 0.4) is 0 Å². The van der Waals surface area contributed by atoms with Crippen LogP contribution in [-0.4, -0.2) is 32.4 Å². The number of aromatic nitrogens is 4. The first-order valence-electron chi connectivity index (χ1n) is 11.4. The number of aryl methyl sites for hydroxylation is 2. The zero-order valence-corrected chi connectivity index (χ0v) is 18.6. The molecule has 1 aromatic carbocycles. The van der Waals surface area contributed by atoms with Gasteiger partial charge in [-0.2, -0.15) is 5.10 Å². The van der Waals surface area contributed by atoms with Gasteiger partial charge in [-0.3, -0.25) is 9.48 Å². The first-order valence-corrected chi connectivity index (χ1v) is 11.4. The molecule has 1 amide bonds. The molecule has 3 aromatic heterocycles. The Morgan fingerprint density at radius 3 is 2.84 bits per heavy atom. The molecule has 1 saturated carbocycles. The number of carbonyl (C=O) groups excluding carboxylic acids is 1. The van der Waals surface area contributed by atoms with Crippen molar-refractivity contribution in [2.45, 2.75) is 44.9 Å². The molecule has 5 rings (SSSR count). The lowest BCUT2D eigenvalue weighted by molar-refractivity contribution is -0.120. The molecule has 0 radical (unpaired) electrons. The van der Waals surface area contributed by atoms with Crippen molar-refractivity contribution in [1.29, 1.82) is 0 Å². The van der Waals surface area contributed by atoms with Gasteiger partial charge in [0.25, 0.3) is 0 Å². The van der Waals surface area contributed by atoms with E-state index < -0.39 is 0 Å².